The van der Waals surface area contributed by atoms with Crippen molar-refractivity contribution >= 4 is 5.97 Å². The van der Waals surface area contributed by atoms with Crippen molar-refractivity contribution in [1.29, 1.82) is 0 Å². The molecule has 0 N–H and O–H groups in total. The van der Waals surface area contributed by atoms with Crippen LogP contribution in [0.1, 0.15) is 43.7 Å². The summed E-state index contributed by atoms with van der Waals surface area (Å²) in [6, 6.07) is 5.38. The first kappa shape index (κ1) is 16.5. The zero-order valence-electron chi connectivity index (χ0n) is 11.5. The molecule has 0 saturated carbocycles. The average Bonchev–Trinajstić information content (AvgIpc) is 2.38. The Morgan fingerprint density at radius 3 is 2.60 bits per heavy atom. The number of hydrogen-bond donors (Lipinski definition) is 0. The summed E-state index contributed by atoms with van der Waals surface area (Å²) in [5.74, 6) is -0.216. The molecule has 0 radical (unpaired) electrons. The third kappa shape index (κ3) is 6.08. The fourth-order valence-electron chi connectivity index (χ4n) is 1.91. The average molecular weight is 288 g/mol. The highest BCUT2D eigenvalue weighted by Crippen LogP contribution is 2.29. The van der Waals surface area contributed by atoms with Crippen molar-refractivity contribution in [2.75, 3.05) is 6.61 Å². The van der Waals surface area contributed by atoms with Crippen LogP contribution in [0.4, 0.5) is 13.2 Å². The van der Waals surface area contributed by atoms with Gasteiger partial charge in [-0.25, -0.2) is 0 Å². The van der Waals surface area contributed by atoms with Gasteiger partial charge in [-0.2, -0.15) is 13.2 Å². The maximum absolute atomic E-state index is 12.5. The molecule has 0 saturated heterocycles. The van der Waals surface area contributed by atoms with E-state index in [1.807, 2.05) is 0 Å². The molecule has 1 rings (SSSR count). The zero-order chi connectivity index (χ0) is 15.0. The highest BCUT2D eigenvalue weighted by Gasteiger charge is 2.30. The molecule has 0 aromatic heterocycles. The largest absolute Gasteiger partial charge is 0.466 e. The molecule has 0 aliphatic heterocycles. The Balaban J connectivity index is 2.31. The van der Waals surface area contributed by atoms with Crippen LogP contribution in [0.3, 0.4) is 0 Å². The Labute approximate surface area is 116 Å². The van der Waals surface area contributed by atoms with Crippen molar-refractivity contribution in [3.8, 4) is 0 Å². The second kappa shape index (κ2) is 7.92. The number of halogens is 3. The Morgan fingerprint density at radius 1 is 1.20 bits per heavy atom. The number of alkyl halides is 3. The fraction of sp³-hybridized carbons (Fsp3) is 0.533. The van der Waals surface area contributed by atoms with Gasteiger partial charge in [0.25, 0.3) is 0 Å². The number of hydrogen-bond acceptors (Lipinski definition) is 2. The first-order valence-corrected chi connectivity index (χ1v) is 6.75. The molecule has 0 fully saturated rings. The van der Waals surface area contributed by atoms with Gasteiger partial charge in [-0.1, -0.05) is 24.6 Å². The molecular formula is C15H19F3O2. The molecule has 0 amide bonds. The van der Waals surface area contributed by atoms with E-state index in [2.05, 4.69) is 0 Å². The van der Waals surface area contributed by atoms with Crippen LogP contribution in [-0.2, 0) is 22.1 Å². The smallest absolute Gasteiger partial charge is 0.416 e. The predicted molar refractivity (Wildman–Crippen MR) is 70.2 cm³/mol. The topological polar surface area (TPSA) is 26.3 Å². The molecule has 1 aromatic carbocycles. The van der Waals surface area contributed by atoms with Crippen LogP contribution in [-0.4, -0.2) is 12.6 Å². The molecule has 5 heteroatoms. The molecular weight excluding hydrogens is 269 g/mol. The molecule has 1 aromatic rings. The van der Waals surface area contributed by atoms with Crippen molar-refractivity contribution in [2.24, 2.45) is 0 Å². The van der Waals surface area contributed by atoms with E-state index in [9.17, 15) is 18.0 Å². The number of ether oxygens (including phenoxy) is 1. The van der Waals surface area contributed by atoms with Gasteiger partial charge in [0.2, 0.25) is 0 Å². The quantitative estimate of drug-likeness (QED) is 0.550. The lowest BCUT2D eigenvalue weighted by atomic mass is 10.0. The van der Waals surface area contributed by atoms with E-state index in [1.165, 1.54) is 12.1 Å². The lowest BCUT2D eigenvalue weighted by Crippen LogP contribution is -2.05. The summed E-state index contributed by atoms with van der Waals surface area (Å²) in [6.07, 6.45) is -1.06. The number of unbranched alkanes of at least 4 members (excludes halogenated alkanes) is 2. The van der Waals surface area contributed by atoms with Crippen LogP contribution in [0.5, 0.6) is 0 Å². The van der Waals surface area contributed by atoms with Gasteiger partial charge in [0.05, 0.1) is 12.2 Å². The Hall–Kier alpha value is -1.52. The van der Waals surface area contributed by atoms with Crippen molar-refractivity contribution in [3.05, 3.63) is 35.4 Å². The monoisotopic (exact) mass is 288 g/mol. The van der Waals surface area contributed by atoms with E-state index in [4.69, 9.17) is 4.74 Å². The summed E-state index contributed by atoms with van der Waals surface area (Å²) in [6.45, 7) is 2.13. The summed E-state index contributed by atoms with van der Waals surface area (Å²) < 4.78 is 42.4. The van der Waals surface area contributed by atoms with Gasteiger partial charge in [0, 0.05) is 6.42 Å². The molecule has 0 atom stereocenters. The molecule has 0 aliphatic rings. The zero-order valence-corrected chi connectivity index (χ0v) is 11.5. The molecule has 112 valence electrons. The van der Waals surface area contributed by atoms with Crippen molar-refractivity contribution in [2.45, 2.75) is 45.2 Å². The summed E-state index contributed by atoms with van der Waals surface area (Å²) >= 11 is 0. The molecule has 0 unspecified atom stereocenters. The van der Waals surface area contributed by atoms with E-state index in [-0.39, 0.29) is 5.97 Å². The first-order chi connectivity index (χ1) is 9.43. The standard InChI is InChI=1S/C15H19F3O2/c1-2-20-14(19)10-5-3-4-7-12-8-6-9-13(11-12)15(16,17)18/h6,8-9,11H,2-5,7,10H2,1H3. The van der Waals surface area contributed by atoms with Crippen LogP contribution in [0, 0.1) is 0 Å². The number of esters is 1. The van der Waals surface area contributed by atoms with Gasteiger partial charge in [-0.15, -0.1) is 0 Å². The Morgan fingerprint density at radius 2 is 1.95 bits per heavy atom. The molecule has 0 heterocycles. The lowest BCUT2D eigenvalue weighted by molar-refractivity contribution is -0.143. The molecule has 0 bridgehead atoms. The van der Waals surface area contributed by atoms with Gasteiger partial charge in [0.15, 0.2) is 0 Å². The van der Waals surface area contributed by atoms with E-state index in [1.54, 1.807) is 13.0 Å². The molecule has 2 nitrogen and oxygen atoms in total. The molecule has 0 spiro atoms. The van der Waals surface area contributed by atoms with Crippen LogP contribution in [0.2, 0.25) is 0 Å². The van der Waals surface area contributed by atoms with E-state index in [0.717, 1.165) is 18.9 Å². The minimum atomic E-state index is -4.29. The molecule has 20 heavy (non-hydrogen) atoms. The van der Waals surface area contributed by atoms with Crippen LogP contribution < -0.4 is 0 Å². The summed E-state index contributed by atoms with van der Waals surface area (Å²) in [5, 5.41) is 0. The second-order valence-electron chi connectivity index (χ2n) is 4.56. The van der Waals surface area contributed by atoms with Crippen molar-refractivity contribution < 1.29 is 22.7 Å². The number of benzene rings is 1. The van der Waals surface area contributed by atoms with Crippen molar-refractivity contribution in [3.63, 3.8) is 0 Å². The maximum atomic E-state index is 12.5. The predicted octanol–water partition coefficient (Wildman–Crippen LogP) is 4.37. The van der Waals surface area contributed by atoms with Gasteiger partial charge >= 0.3 is 12.1 Å². The van der Waals surface area contributed by atoms with Crippen LogP contribution in [0.25, 0.3) is 0 Å². The Bertz CT molecular complexity index is 427. The van der Waals surface area contributed by atoms with E-state index >= 15 is 0 Å². The van der Waals surface area contributed by atoms with Crippen LogP contribution >= 0.6 is 0 Å². The maximum Gasteiger partial charge on any atom is 0.416 e. The SMILES string of the molecule is CCOC(=O)CCCCCc1cccc(C(F)(F)F)c1. The van der Waals surface area contributed by atoms with Gasteiger partial charge in [0.1, 0.15) is 0 Å². The second-order valence-corrected chi connectivity index (χ2v) is 4.56. The van der Waals surface area contributed by atoms with Crippen molar-refractivity contribution in [1.82, 2.24) is 0 Å². The number of aryl methyl sites for hydroxylation is 1. The first-order valence-electron chi connectivity index (χ1n) is 6.75. The highest BCUT2D eigenvalue weighted by molar-refractivity contribution is 5.69. The molecule has 0 aliphatic carbocycles. The van der Waals surface area contributed by atoms with Gasteiger partial charge in [-0.05, 0) is 37.8 Å². The summed E-state index contributed by atoms with van der Waals surface area (Å²) in [7, 11) is 0. The minimum absolute atomic E-state index is 0.216. The normalized spacial score (nSPS) is 11.4. The lowest BCUT2D eigenvalue weighted by Gasteiger charge is -2.08. The van der Waals surface area contributed by atoms with E-state index in [0.29, 0.717) is 31.4 Å². The third-order valence-electron chi connectivity index (χ3n) is 2.91. The van der Waals surface area contributed by atoms with Crippen LogP contribution in [0.15, 0.2) is 24.3 Å². The number of carbonyl (C=O) groups excluding carboxylic acids is 1. The highest BCUT2D eigenvalue weighted by atomic mass is 19.4. The van der Waals surface area contributed by atoms with Gasteiger partial charge < -0.3 is 4.74 Å². The number of rotatable bonds is 7. The summed E-state index contributed by atoms with van der Waals surface area (Å²) in [4.78, 5) is 11.1. The summed E-state index contributed by atoms with van der Waals surface area (Å²) in [5.41, 5.74) is 0.0671. The number of carbonyl (C=O) groups is 1. The fourth-order valence-corrected chi connectivity index (χ4v) is 1.91. The van der Waals surface area contributed by atoms with E-state index < -0.39 is 11.7 Å². The van der Waals surface area contributed by atoms with Gasteiger partial charge in [-0.3, -0.25) is 4.79 Å². The minimum Gasteiger partial charge on any atom is -0.466 e. The Kier molecular flexibility index (Phi) is 6.55. The third-order valence-corrected chi connectivity index (χ3v) is 2.91.